The van der Waals surface area contributed by atoms with Gasteiger partial charge in [0.15, 0.2) is 9.84 Å². The predicted octanol–water partition coefficient (Wildman–Crippen LogP) is 1.49. The Labute approximate surface area is 99.8 Å². The van der Waals surface area contributed by atoms with E-state index >= 15 is 0 Å². The maximum Gasteiger partial charge on any atom is 0.151 e. The van der Waals surface area contributed by atoms with Gasteiger partial charge in [0, 0.05) is 24.4 Å². The molecule has 0 aliphatic heterocycles. The largest absolute Gasteiger partial charge is 0.311 e. The second-order valence-electron chi connectivity index (χ2n) is 3.61. The minimum Gasteiger partial charge on any atom is -0.311 e. The summed E-state index contributed by atoms with van der Waals surface area (Å²) >= 11 is 0. The summed E-state index contributed by atoms with van der Waals surface area (Å²) in [7, 11) is -3.04. The molecule has 0 aliphatic carbocycles. The van der Waals surface area contributed by atoms with Crippen molar-refractivity contribution in [3.63, 3.8) is 0 Å². The minimum atomic E-state index is -3.04. The first kappa shape index (κ1) is 14.1. The molecule has 0 radical (unpaired) electrons. The maximum atomic E-state index is 13.2. The van der Waals surface area contributed by atoms with Gasteiger partial charge in [-0.1, -0.05) is 13.0 Å². The standard InChI is InChI=1S/C11H15F2NO2S/c1-2-17(15,16)7-6-14-8-9-10(12)4-3-5-11(9)13/h3-5,14H,2,6-8H2,1H3. The molecule has 0 saturated heterocycles. The molecule has 0 atom stereocenters. The van der Waals surface area contributed by atoms with Gasteiger partial charge in [0.1, 0.15) is 11.6 Å². The average Bonchev–Trinajstić information content (AvgIpc) is 2.27. The van der Waals surface area contributed by atoms with Crippen molar-refractivity contribution in [2.75, 3.05) is 18.1 Å². The van der Waals surface area contributed by atoms with E-state index < -0.39 is 21.5 Å². The number of sulfone groups is 1. The summed E-state index contributed by atoms with van der Waals surface area (Å²) in [6.07, 6.45) is 0. The molecular formula is C11H15F2NO2S. The van der Waals surface area contributed by atoms with Crippen molar-refractivity contribution in [3.8, 4) is 0 Å². The zero-order valence-electron chi connectivity index (χ0n) is 9.54. The van der Waals surface area contributed by atoms with E-state index in [0.29, 0.717) is 0 Å². The van der Waals surface area contributed by atoms with E-state index in [1.807, 2.05) is 0 Å². The van der Waals surface area contributed by atoms with E-state index in [0.717, 1.165) is 0 Å². The molecule has 0 aromatic heterocycles. The smallest absolute Gasteiger partial charge is 0.151 e. The van der Waals surface area contributed by atoms with Crippen LogP contribution in [0.3, 0.4) is 0 Å². The molecule has 17 heavy (non-hydrogen) atoms. The van der Waals surface area contributed by atoms with Gasteiger partial charge in [0.05, 0.1) is 5.75 Å². The number of benzene rings is 1. The highest BCUT2D eigenvalue weighted by Gasteiger charge is 2.09. The maximum absolute atomic E-state index is 13.2. The Hall–Kier alpha value is -1.01. The van der Waals surface area contributed by atoms with Crippen LogP contribution in [-0.2, 0) is 16.4 Å². The van der Waals surface area contributed by atoms with Crippen molar-refractivity contribution in [2.24, 2.45) is 0 Å². The van der Waals surface area contributed by atoms with Gasteiger partial charge in [-0.3, -0.25) is 0 Å². The Morgan fingerprint density at radius 3 is 2.35 bits per heavy atom. The van der Waals surface area contributed by atoms with Gasteiger partial charge in [-0.25, -0.2) is 17.2 Å². The lowest BCUT2D eigenvalue weighted by molar-refractivity contribution is 0.538. The molecule has 0 aliphatic rings. The van der Waals surface area contributed by atoms with Crippen LogP contribution in [0.25, 0.3) is 0 Å². The second-order valence-corrected chi connectivity index (χ2v) is 6.09. The molecule has 1 aromatic rings. The fourth-order valence-corrected chi connectivity index (χ4v) is 2.03. The topological polar surface area (TPSA) is 46.2 Å². The van der Waals surface area contributed by atoms with E-state index in [1.165, 1.54) is 18.2 Å². The SMILES string of the molecule is CCS(=O)(=O)CCNCc1c(F)cccc1F. The zero-order valence-corrected chi connectivity index (χ0v) is 10.4. The summed E-state index contributed by atoms with van der Waals surface area (Å²) < 4.78 is 48.7. The van der Waals surface area contributed by atoms with Crippen LogP contribution in [0.2, 0.25) is 0 Å². The van der Waals surface area contributed by atoms with Crippen molar-refractivity contribution >= 4 is 9.84 Å². The predicted molar refractivity (Wildman–Crippen MR) is 62.4 cm³/mol. The number of hydrogen-bond acceptors (Lipinski definition) is 3. The van der Waals surface area contributed by atoms with Crippen molar-refractivity contribution in [1.82, 2.24) is 5.32 Å². The van der Waals surface area contributed by atoms with Crippen molar-refractivity contribution in [2.45, 2.75) is 13.5 Å². The summed E-state index contributed by atoms with van der Waals surface area (Å²) in [5.74, 6) is -1.21. The Bertz CT molecular complexity index is 454. The van der Waals surface area contributed by atoms with Crippen LogP contribution >= 0.6 is 0 Å². The van der Waals surface area contributed by atoms with E-state index in [9.17, 15) is 17.2 Å². The molecule has 0 heterocycles. The number of rotatable bonds is 6. The van der Waals surface area contributed by atoms with E-state index in [1.54, 1.807) is 6.92 Å². The number of nitrogens with one attached hydrogen (secondary N) is 1. The highest BCUT2D eigenvalue weighted by atomic mass is 32.2. The van der Waals surface area contributed by atoms with Gasteiger partial charge in [-0.15, -0.1) is 0 Å². The van der Waals surface area contributed by atoms with Crippen LogP contribution in [0.15, 0.2) is 18.2 Å². The minimum absolute atomic E-state index is 0.0161. The lowest BCUT2D eigenvalue weighted by Gasteiger charge is -2.07. The highest BCUT2D eigenvalue weighted by molar-refractivity contribution is 7.91. The Kier molecular flexibility index (Phi) is 5.02. The third-order valence-electron chi connectivity index (χ3n) is 2.39. The third-order valence-corrected chi connectivity index (χ3v) is 4.10. The summed E-state index contributed by atoms with van der Waals surface area (Å²) in [4.78, 5) is 0. The van der Waals surface area contributed by atoms with Crippen LogP contribution < -0.4 is 5.32 Å². The van der Waals surface area contributed by atoms with Gasteiger partial charge in [-0.05, 0) is 12.1 Å². The number of halogens is 2. The third kappa shape index (κ3) is 4.40. The summed E-state index contributed by atoms with van der Waals surface area (Å²) in [6.45, 7) is 1.73. The molecule has 96 valence electrons. The fraction of sp³-hybridized carbons (Fsp3) is 0.455. The normalized spacial score (nSPS) is 11.7. The fourth-order valence-electron chi connectivity index (χ4n) is 1.29. The second kappa shape index (κ2) is 6.07. The lowest BCUT2D eigenvalue weighted by atomic mass is 10.2. The molecule has 0 saturated carbocycles. The van der Waals surface area contributed by atoms with Gasteiger partial charge in [-0.2, -0.15) is 0 Å². The Morgan fingerprint density at radius 2 is 1.82 bits per heavy atom. The average molecular weight is 263 g/mol. The van der Waals surface area contributed by atoms with Crippen molar-refractivity contribution < 1.29 is 17.2 Å². The molecule has 0 fully saturated rings. The molecule has 0 bridgehead atoms. The Balaban J connectivity index is 2.47. The van der Waals surface area contributed by atoms with Gasteiger partial charge in [0.25, 0.3) is 0 Å². The van der Waals surface area contributed by atoms with E-state index in [4.69, 9.17) is 0 Å². The summed E-state index contributed by atoms with van der Waals surface area (Å²) in [5, 5.41) is 2.71. The van der Waals surface area contributed by atoms with E-state index in [2.05, 4.69) is 5.32 Å². The molecule has 0 amide bonds. The first-order valence-corrected chi connectivity index (χ1v) is 7.12. The molecule has 1 aromatic carbocycles. The van der Waals surface area contributed by atoms with Crippen molar-refractivity contribution in [1.29, 1.82) is 0 Å². The molecule has 0 spiro atoms. The van der Waals surface area contributed by atoms with Gasteiger partial charge in [0.2, 0.25) is 0 Å². The summed E-state index contributed by atoms with van der Waals surface area (Å²) in [6, 6.07) is 3.63. The van der Waals surface area contributed by atoms with Crippen molar-refractivity contribution in [3.05, 3.63) is 35.4 Å². The first-order valence-electron chi connectivity index (χ1n) is 5.30. The van der Waals surface area contributed by atoms with Gasteiger partial charge >= 0.3 is 0 Å². The lowest BCUT2D eigenvalue weighted by Crippen LogP contribution is -2.24. The molecule has 6 heteroatoms. The molecule has 0 unspecified atom stereocenters. The monoisotopic (exact) mass is 263 g/mol. The first-order chi connectivity index (χ1) is 7.96. The molecular weight excluding hydrogens is 248 g/mol. The zero-order chi connectivity index (χ0) is 12.9. The van der Waals surface area contributed by atoms with Crippen LogP contribution in [0.1, 0.15) is 12.5 Å². The molecule has 1 rings (SSSR count). The molecule has 1 N–H and O–H groups in total. The van der Waals surface area contributed by atoms with Crippen LogP contribution in [0.5, 0.6) is 0 Å². The Morgan fingerprint density at radius 1 is 1.24 bits per heavy atom. The highest BCUT2D eigenvalue weighted by Crippen LogP contribution is 2.11. The quantitative estimate of drug-likeness (QED) is 0.791. The van der Waals surface area contributed by atoms with E-state index in [-0.39, 0.29) is 30.2 Å². The van der Waals surface area contributed by atoms with Crippen LogP contribution in [-0.4, -0.2) is 26.5 Å². The van der Waals surface area contributed by atoms with Crippen LogP contribution in [0, 0.1) is 11.6 Å². The summed E-state index contributed by atoms with van der Waals surface area (Å²) in [5.41, 5.74) is -0.0682. The number of hydrogen-bond donors (Lipinski definition) is 1. The van der Waals surface area contributed by atoms with Crippen LogP contribution in [0.4, 0.5) is 8.78 Å². The molecule has 3 nitrogen and oxygen atoms in total. The van der Waals surface area contributed by atoms with Gasteiger partial charge < -0.3 is 5.32 Å².